The monoisotopic (exact) mass is 177 g/mol. The number of halogens is 1. The molecule has 1 aromatic carbocycles. The molecule has 0 fully saturated rings. The van der Waals surface area contributed by atoms with Gasteiger partial charge in [0.2, 0.25) is 0 Å². The van der Waals surface area contributed by atoms with Crippen LogP contribution in [-0.2, 0) is 0 Å². The van der Waals surface area contributed by atoms with Crippen molar-refractivity contribution < 1.29 is 0 Å². The van der Waals surface area contributed by atoms with Crippen molar-refractivity contribution in [3.05, 3.63) is 41.0 Å². The summed E-state index contributed by atoms with van der Waals surface area (Å²) in [5, 5.41) is 1.79. The average molecular weight is 178 g/mol. The van der Waals surface area contributed by atoms with Crippen LogP contribution in [0.5, 0.6) is 0 Å². The van der Waals surface area contributed by atoms with Gasteiger partial charge in [-0.25, -0.2) is 0 Å². The summed E-state index contributed by atoms with van der Waals surface area (Å²) in [6.45, 7) is 2.01. The van der Waals surface area contributed by atoms with Crippen LogP contribution in [0.3, 0.4) is 0 Å². The molecule has 0 saturated heterocycles. The van der Waals surface area contributed by atoms with E-state index < -0.39 is 0 Å². The Balaban J connectivity index is 2.88. The molecular weight excluding hydrogens is 170 g/mol. The van der Waals surface area contributed by atoms with Gasteiger partial charge in [-0.3, -0.25) is 4.98 Å². The quantitative estimate of drug-likeness (QED) is 0.602. The second kappa shape index (κ2) is 2.76. The molecule has 12 heavy (non-hydrogen) atoms. The van der Waals surface area contributed by atoms with Gasteiger partial charge in [0, 0.05) is 16.6 Å². The van der Waals surface area contributed by atoms with Crippen LogP contribution >= 0.6 is 11.6 Å². The van der Waals surface area contributed by atoms with Crippen molar-refractivity contribution in [3.63, 3.8) is 0 Å². The molecule has 0 aliphatic heterocycles. The van der Waals surface area contributed by atoms with Crippen molar-refractivity contribution in [2.24, 2.45) is 0 Å². The summed E-state index contributed by atoms with van der Waals surface area (Å²) in [6.07, 6.45) is 1.85. The van der Waals surface area contributed by atoms with E-state index in [-0.39, 0.29) is 0 Å². The van der Waals surface area contributed by atoms with Gasteiger partial charge in [0.1, 0.15) is 0 Å². The number of aryl methyl sites for hydroxylation is 1. The maximum absolute atomic E-state index is 5.99. The SMILES string of the molecule is Cc1cnc2cccc(Cl)c2c1. The first kappa shape index (κ1) is 7.56. The Morgan fingerprint density at radius 3 is 3.00 bits per heavy atom. The zero-order chi connectivity index (χ0) is 8.55. The molecule has 0 bridgehead atoms. The fourth-order valence-electron chi connectivity index (χ4n) is 1.22. The van der Waals surface area contributed by atoms with Gasteiger partial charge in [-0.05, 0) is 30.7 Å². The summed E-state index contributed by atoms with van der Waals surface area (Å²) in [6, 6.07) is 7.79. The average Bonchev–Trinajstić information content (AvgIpc) is 2.07. The molecule has 0 N–H and O–H groups in total. The lowest BCUT2D eigenvalue weighted by Crippen LogP contribution is -1.80. The highest BCUT2D eigenvalue weighted by Gasteiger charge is 1.98. The van der Waals surface area contributed by atoms with E-state index in [9.17, 15) is 0 Å². The molecule has 1 nitrogen and oxygen atoms in total. The topological polar surface area (TPSA) is 12.9 Å². The maximum Gasteiger partial charge on any atom is 0.0717 e. The van der Waals surface area contributed by atoms with Crippen LogP contribution in [0.1, 0.15) is 5.56 Å². The van der Waals surface area contributed by atoms with Crippen LogP contribution in [0.25, 0.3) is 10.9 Å². The Labute approximate surface area is 76.0 Å². The summed E-state index contributed by atoms with van der Waals surface area (Å²) >= 11 is 5.99. The third-order valence-electron chi connectivity index (χ3n) is 1.81. The van der Waals surface area contributed by atoms with Crippen LogP contribution in [0.15, 0.2) is 30.5 Å². The summed E-state index contributed by atoms with van der Waals surface area (Å²) < 4.78 is 0. The molecule has 2 rings (SSSR count). The minimum atomic E-state index is 0.767. The molecule has 0 atom stereocenters. The van der Waals surface area contributed by atoms with Crippen molar-refractivity contribution >= 4 is 22.5 Å². The maximum atomic E-state index is 5.99. The van der Waals surface area contributed by atoms with Gasteiger partial charge in [-0.2, -0.15) is 0 Å². The molecule has 0 saturated carbocycles. The number of pyridine rings is 1. The van der Waals surface area contributed by atoms with E-state index >= 15 is 0 Å². The second-order valence-electron chi connectivity index (χ2n) is 2.82. The van der Waals surface area contributed by atoms with E-state index in [1.54, 1.807) is 0 Å². The highest BCUT2D eigenvalue weighted by Crippen LogP contribution is 2.21. The van der Waals surface area contributed by atoms with Crippen molar-refractivity contribution in [2.45, 2.75) is 6.92 Å². The summed E-state index contributed by atoms with van der Waals surface area (Å²) in [7, 11) is 0. The van der Waals surface area contributed by atoms with Gasteiger partial charge in [0.05, 0.1) is 5.52 Å². The lowest BCUT2D eigenvalue weighted by atomic mass is 10.2. The van der Waals surface area contributed by atoms with Crippen LogP contribution in [-0.4, -0.2) is 4.98 Å². The van der Waals surface area contributed by atoms with E-state index in [1.807, 2.05) is 37.4 Å². The van der Waals surface area contributed by atoms with Crippen molar-refractivity contribution in [3.8, 4) is 0 Å². The van der Waals surface area contributed by atoms with E-state index in [2.05, 4.69) is 4.98 Å². The predicted octanol–water partition coefficient (Wildman–Crippen LogP) is 3.20. The zero-order valence-corrected chi connectivity index (χ0v) is 7.47. The van der Waals surface area contributed by atoms with Gasteiger partial charge in [0.15, 0.2) is 0 Å². The first-order valence-electron chi connectivity index (χ1n) is 3.78. The molecule has 0 aliphatic rings. The third-order valence-corrected chi connectivity index (χ3v) is 2.14. The number of hydrogen-bond donors (Lipinski definition) is 0. The molecule has 2 heteroatoms. The standard InChI is InChI=1S/C10H8ClN/c1-7-5-8-9(11)3-2-4-10(8)12-6-7/h2-6H,1H3. The van der Waals surface area contributed by atoms with Gasteiger partial charge >= 0.3 is 0 Å². The molecule has 0 unspecified atom stereocenters. The number of rotatable bonds is 0. The highest BCUT2D eigenvalue weighted by atomic mass is 35.5. The Morgan fingerprint density at radius 2 is 2.17 bits per heavy atom. The normalized spacial score (nSPS) is 10.5. The number of aromatic nitrogens is 1. The molecule has 0 radical (unpaired) electrons. The Kier molecular flexibility index (Phi) is 1.74. The van der Waals surface area contributed by atoms with E-state index in [4.69, 9.17) is 11.6 Å². The summed E-state index contributed by atoms with van der Waals surface area (Å²) in [5.74, 6) is 0. The molecule has 1 heterocycles. The molecular formula is C10H8ClN. The number of benzene rings is 1. The number of nitrogens with zero attached hydrogens (tertiary/aromatic N) is 1. The summed E-state index contributed by atoms with van der Waals surface area (Å²) in [5.41, 5.74) is 2.09. The predicted molar refractivity (Wildman–Crippen MR) is 51.5 cm³/mol. The minimum absolute atomic E-state index is 0.767. The van der Waals surface area contributed by atoms with Crippen LogP contribution in [0.2, 0.25) is 5.02 Å². The molecule has 1 aromatic heterocycles. The van der Waals surface area contributed by atoms with Gasteiger partial charge in [-0.15, -0.1) is 0 Å². The van der Waals surface area contributed by atoms with Crippen LogP contribution < -0.4 is 0 Å². The van der Waals surface area contributed by atoms with E-state index in [0.29, 0.717) is 0 Å². The molecule has 0 spiro atoms. The van der Waals surface area contributed by atoms with Crippen molar-refractivity contribution in [2.75, 3.05) is 0 Å². The van der Waals surface area contributed by atoms with Gasteiger partial charge < -0.3 is 0 Å². The smallest absolute Gasteiger partial charge is 0.0717 e. The molecule has 0 amide bonds. The fraction of sp³-hybridized carbons (Fsp3) is 0.100. The minimum Gasteiger partial charge on any atom is -0.256 e. The Morgan fingerprint density at radius 1 is 1.33 bits per heavy atom. The zero-order valence-electron chi connectivity index (χ0n) is 6.71. The highest BCUT2D eigenvalue weighted by molar-refractivity contribution is 6.35. The van der Waals surface area contributed by atoms with Gasteiger partial charge in [0.25, 0.3) is 0 Å². The van der Waals surface area contributed by atoms with E-state index in [0.717, 1.165) is 21.5 Å². The Bertz CT molecular complexity index is 423. The van der Waals surface area contributed by atoms with Crippen molar-refractivity contribution in [1.29, 1.82) is 0 Å². The lowest BCUT2D eigenvalue weighted by Gasteiger charge is -1.99. The molecule has 60 valence electrons. The second-order valence-corrected chi connectivity index (χ2v) is 3.23. The van der Waals surface area contributed by atoms with Crippen molar-refractivity contribution in [1.82, 2.24) is 4.98 Å². The first-order chi connectivity index (χ1) is 5.77. The number of hydrogen-bond acceptors (Lipinski definition) is 1. The largest absolute Gasteiger partial charge is 0.256 e. The fourth-order valence-corrected chi connectivity index (χ4v) is 1.44. The molecule has 0 aliphatic carbocycles. The summed E-state index contributed by atoms with van der Waals surface area (Å²) in [4.78, 5) is 4.26. The molecule has 2 aromatic rings. The third kappa shape index (κ3) is 1.16. The van der Waals surface area contributed by atoms with E-state index in [1.165, 1.54) is 0 Å². The first-order valence-corrected chi connectivity index (χ1v) is 4.16. The Hall–Kier alpha value is -1.08. The van der Waals surface area contributed by atoms with Gasteiger partial charge in [-0.1, -0.05) is 17.7 Å². The van der Waals surface area contributed by atoms with Crippen LogP contribution in [0.4, 0.5) is 0 Å². The lowest BCUT2D eigenvalue weighted by molar-refractivity contribution is 1.33. The number of fused-ring (bicyclic) bond motifs is 1. The van der Waals surface area contributed by atoms with Crippen LogP contribution in [0, 0.1) is 6.92 Å².